The Balaban J connectivity index is 1.93. The van der Waals surface area contributed by atoms with Crippen LogP contribution in [0.4, 0.5) is 0 Å². The van der Waals surface area contributed by atoms with E-state index in [1.54, 1.807) is 0 Å². The molecule has 1 heteroatoms. The summed E-state index contributed by atoms with van der Waals surface area (Å²) in [7, 11) is 0. The van der Waals surface area contributed by atoms with Gasteiger partial charge < -0.3 is 0 Å². The van der Waals surface area contributed by atoms with Crippen molar-refractivity contribution in [1.82, 2.24) is 0 Å². The Morgan fingerprint density at radius 3 is 2.57 bits per heavy atom. The van der Waals surface area contributed by atoms with Gasteiger partial charge in [-0.3, -0.25) is 0 Å². The molecule has 1 fully saturated rings. The van der Waals surface area contributed by atoms with Gasteiger partial charge in [0.05, 0.1) is 0 Å². The van der Waals surface area contributed by atoms with Gasteiger partial charge in [-0.2, -0.15) is 11.8 Å². The normalized spacial score (nSPS) is 21.9. The fourth-order valence-electron chi connectivity index (χ4n) is 0.675. The summed E-state index contributed by atoms with van der Waals surface area (Å²) in [4.78, 5) is 0. The smallest absolute Gasteiger partial charge is 0.00524 e. The average Bonchev–Trinajstić information content (AvgIpc) is 1.55. The van der Waals surface area contributed by atoms with Crippen molar-refractivity contribution in [2.75, 3.05) is 5.75 Å². The van der Waals surface area contributed by atoms with E-state index in [9.17, 15) is 0 Å². The van der Waals surface area contributed by atoms with E-state index in [1.807, 2.05) is 0 Å². The van der Waals surface area contributed by atoms with Crippen molar-refractivity contribution in [2.45, 2.75) is 25.0 Å². The number of hydrogen-bond donors (Lipinski definition) is 0. The highest BCUT2D eigenvalue weighted by Crippen LogP contribution is 2.29. The van der Waals surface area contributed by atoms with Gasteiger partial charge in [-0.15, -0.1) is 0 Å². The molecule has 7 heavy (non-hydrogen) atoms. The van der Waals surface area contributed by atoms with E-state index in [4.69, 9.17) is 0 Å². The quantitative estimate of drug-likeness (QED) is 0.531. The third-order valence-electron chi connectivity index (χ3n) is 1.26. The summed E-state index contributed by atoms with van der Waals surface area (Å²) in [5.41, 5.74) is 0. The minimum Gasteiger partial charge on any atom is -0.159 e. The lowest BCUT2D eigenvalue weighted by molar-refractivity contribution is 0.673. The van der Waals surface area contributed by atoms with Crippen molar-refractivity contribution >= 4 is 11.8 Å². The van der Waals surface area contributed by atoms with Gasteiger partial charge in [0.1, 0.15) is 0 Å². The molecule has 0 saturated heterocycles. The lowest BCUT2D eigenvalue weighted by Gasteiger charge is -2.23. The van der Waals surface area contributed by atoms with Crippen LogP contribution in [0.3, 0.4) is 0 Å². The zero-order chi connectivity index (χ0) is 5.11. The molecule has 41 valence electrons. The van der Waals surface area contributed by atoms with Crippen LogP contribution >= 0.6 is 11.8 Å². The minimum atomic E-state index is 0.991. The molecule has 1 saturated carbocycles. The lowest BCUT2D eigenvalue weighted by Crippen LogP contribution is -2.13. The number of thioether (sulfide) groups is 1. The first-order chi connectivity index (χ1) is 3.43. The maximum absolute atomic E-state index is 2.35. The van der Waals surface area contributed by atoms with Crippen molar-refractivity contribution in [3.63, 3.8) is 0 Å². The average molecular weight is 115 g/mol. The Hall–Kier alpha value is 0.350. The highest BCUT2D eigenvalue weighted by Gasteiger charge is 2.15. The molecule has 1 radical (unpaired) electrons. The Labute approximate surface area is 49.7 Å². The van der Waals surface area contributed by atoms with E-state index in [0.717, 1.165) is 5.25 Å². The van der Waals surface area contributed by atoms with Crippen LogP contribution in [0.1, 0.15) is 19.8 Å². The first-order valence-electron chi connectivity index (χ1n) is 2.86. The molecule has 0 spiro atoms. The van der Waals surface area contributed by atoms with Crippen LogP contribution in [0.5, 0.6) is 0 Å². The molecular weight excluding hydrogens is 104 g/mol. The zero-order valence-corrected chi connectivity index (χ0v) is 5.50. The first-order valence-corrected chi connectivity index (χ1v) is 3.91. The summed E-state index contributed by atoms with van der Waals surface area (Å²) in [6, 6.07) is 0. The summed E-state index contributed by atoms with van der Waals surface area (Å²) in [5, 5.41) is 0.991. The SMILES string of the molecule is CCSC1C[CH]C1. The Bertz CT molecular complexity index is 48.1. The lowest BCUT2D eigenvalue weighted by atomic mass is 10.0. The molecular formula is C6H11S. The predicted octanol–water partition coefficient (Wildman–Crippen LogP) is 2.11. The topological polar surface area (TPSA) is 0 Å². The zero-order valence-electron chi connectivity index (χ0n) is 4.68. The number of hydrogen-bond acceptors (Lipinski definition) is 1. The van der Waals surface area contributed by atoms with Gasteiger partial charge in [-0.05, 0) is 25.0 Å². The van der Waals surface area contributed by atoms with Crippen molar-refractivity contribution < 1.29 is 0 Å². The second-order valence-corrected chi connectivity index (χ2v) is 3.41. The Morgan fingerprint density at radius 1 is 1.71 bits per heavy atom. The minimum absolute atomic E-state index is 0.991. The molecule has 0 aromatic carbocycles. The maximum Gasteiger partial charge on any atom is 0.00524 e. The molecule has 1 aliphatic rings. The molecule has 0 aliphatic heterocycles. The van der Waals surface area contributed by atoms with Crippen LogP contribution in [0.15, 0.2) is 0 Å². The van der Waals surface area contributed by atoms with Gasteiger partial charge in [-0.1, -0.05) is 6.92 Å². The van der Waals surface area contributed by atoms with Crippen LogP contribution in [0.25, 0.3) is 0 Å². The van der Waals surface area contributed by atoms with E-state index >= 15 is 0 Å². The molecule has 0 unspecified atom stereocenters. The van der Waals surface area contributed by atoms with E-state index in [1.165, 1.54) is 18.6 Å². The summed E-state index contributed by atoms with van der Waals surface area (Å²) in [5.74, 6) is 1.29. The van der Waals surface area contributed by atoms with Gasteiger partial charge in [-0.25, -0.2) is 0 Å². The molecule has 0 N–H and O–H groups in total. The van der Waals surface area contributed by atoms with Gasteiger partial charge >= 0.3 is 0 Å². The third kappa shape index (κ3) is 1.37. The Morgan fingerprint density at radius 2 is 2.43 bits per heavy atom. The molecule has 1 rings (SSSR count). The van der Waals surface area contributed by atoms with Crippen molar-refractivity contribution in [3.8, 4) is 0 Å². The van der Waals surface area contributed by atoms with Crippen LogP contribution in [0.2, 0.25) is 0 Å². The number of rotatable bonds is 2. The van der Waals surface area contributed by atoms with E-state index < -0.39 is 0 Å². The standard InChI is InChI=1S/C6H11S/c1-2-7-6-4-3-5-6/h3,6H,2,4-5H2,1H3. The van der Waals surface area contributed by atoms with Gasteiger partial charge in [0, 0.05) is 5.25 Å². The molecule has 0 bridgehead atoms. The van der Waals surface area contributed by atoms with Crippen molar-refractivity contribution in [3.05, 3.63) is 6.42 Å². The second kappa shape index (κ2) is 2.61. The molecule has 0 heterocycles. The van der Waals surface area contributed by atoms with Crippen molar-refractivity contribution in [2.24, 2.45) is 0 Å². The van der Waals surface area contributed by atoms with Crippen molar-refractivity contribution in [1.29, 1.82) is 0 Å². The molecule has 0 atom stereocenters. The van der Waals surface area contributed by atoms with E-state index in [-0.39, 0.29) is 0 Å². The predicted molar refractivity (Wildman–Crippen MR) is 35.5 cm³/mol. The highest BCUT2D eigenvalue weighted by atomic mass is 32.2. The van der Waals surface area contributed by atoms with Crippen LogP contribution in [-0.2, 0) is 0 Å². The van der Waals surface area contributed by atoms with Gasteiger partial charge in [0.2, 0.25) is 0 Å². The molecule has 0 nitrogen and oxygen atoms in total. The van der Waals surface area contributed by atoms with E-state index in [2.05, 4.69) is 25.1 Å². The summed E-state index contributed by atoms with van der Waals surface area (Å²) in [6.45, 7) is 2.23. The van der Waals surface area contributed by atoms with Crippen LogP contribution < -0.4 is 0 Å². The molecule has 0 amide bonds. The summed E-state index contributed by atoms with van der Waals surface area (Å²) < 4.78 is 0. The monoisotopic (exact) mass is 115 g/mol. The van der Waals surface area contributed by atoms with E-state index in [0.29, 0.717) is 0 Å². The molecule has 0 aromatic heterocycles. The van der Waals surface area contributed by atoms with Gasteiger partial charge in [0.25, 0.3) is 0 Å². The first kappa shape index (κ1) is 5.49. The maximum atomic E-state index is 2.35. The Kier molecular flexibility index (Phi) is 2.04. The summed E-state index contributed by atoms with van der Waals surface area (Å²) >= 11 is 2.09. The van der Waals surface area contributed by atoms with Gasteiger partial charge in [0.15, 0.2) is 0 Å². The van der Waals surface area contributed by atoms with Crippen LogP contribution in [0, 0.1) is 6.42 Å². The molecule has 0 aromatic rings. The van der Waals surface area contributed by atoms with Crippen LogP contribution in [-0.4, -0.2) is 11.0 Å². The summed E-state index contributed by atoms with van der Waals surface area (Å²) in [6.07, 6.45) is 5.07. The third-order valence-corrected chi connectivity index (χ3v) is 2.45. The second-order valence-electron chi connectivity index (χ2n) is 1.84. The highest BCUT2D eigenvalue weighted by molar-refractivity contribution is 7.99. The fourth-order valence-corrected chi connectivity index (χ4v) is 1.69. The fraction of sp³-hybridized carbons (Fsp3) is 0.833. The molecule has 1 aliphatic carbocycles. The largest absolute Gasteiger partial charge is 0.159 e.